The van der Waals surface area contributed by atoms with Gasteiger partial charge in [-0.3, -0.25) is 0 Å². The first-order valence-electron chi connectivity index (χ1n) is 13.1. The Bertz CT molecular complexity index is 735. The van der Waals surface area contributed by atoms with Crippen LogP contribution in [0.3, 0.4) is 0 Å². The summed E-state index contributed by atoms with van der Waals surface area (Å²) in [7, 11) is 0. The minimum atomic E-state index is -0.800. The van der Waals surface area contributed by atoms with Gasteiger partial charge in [0.15, 0.2) is 0 Å². The van der Waals surface area contributed by atoms with Gasteiger partial charge < -0.3 is 19.7 Å². The SMILES string of the molecule is CCOC(C)C(OCC)[C@]1(O)[C@H]2C[C@H]2C2C3CC=C4CC(O)CC[C@]4(C)C3CC[C@@]21C. The highest BCUT2D eigenvalue weighted by Gasteiger charge is 2.78. The van der Waals surface area contributed by atoms with Crippen molar-refractivity contribution in [3.63, 3.8) is 0 Å². The second-order valence-corrected chi connectivity index (χ2v) is 11.9. The van der Waals surface area contributed by atoms with E-state index in [1.54, 1.807) is 0 Å². The van der Waals surface area contributed by atoms with E-state index in [0.29, 0.717) is 42.8 Å². The van der Waals surface area contributed by atoms with Crippen molar-refractivity contribution < 1.29 is 19.7 Å². The Balaban J connectivity index is 1.49. The van der Waals surface area contributed by atoms with Crippen LogP contribution in [0.1, 0.15) is 79.6 Å². The molecule has 0 aromatic carbocycles. The van der Waals surface area contributed by atoms with Crippen LogP contribution in [-0.2, 0) is 9.47 Å². The van der Waals surface area contributed by atoms with E-state index in [1.165, 1.54) is 12.0 Å². The molecule has 0 saturated heterocycles. The lowest BCUT2D eigenvalue weighted by molar-refractivity contribution is -0.231. The Morgan fingerprint density at radius 2 is 1.81 bits per heavy atom. The lowest BCUT2D eigenvalue weighted by atomic mass is 9.45. The van der Waals surface area contributed by atoms with E-state index in [0.717, 1.165) is 38.5 Å². The molecule has 4 nitrogen and oxygen atoms in total. The lowest BCUT2D eigenvalue weighted by Crippen LogP contribution is -2.64. The second kappa shape index (κ2) is 7.55. The predicted octanol–water partition coefficient (Wildman–Crippen LogP) is 4.73. The summed E-state index contributed by atoms with van der Waals surface area (Å²) < 4.78 is 12.3. The molecule has 0 spiro atoms. The monoisotopic (exact) mass is 432 g/mol. The first-order chi connectivity index (χ1) is 14.7. The number of rotatable bonds is 6. The van der Waals surface area contributed by atoms with Crippen LogP contribution in [0.2, 0.25) is 0 Å². The van der Waals surface area contributed by atoms with Crippen LogP contribution in [0, 0.1) is 40.4 Å². The summed E-state index contributed by atoms with van der Waals surface area (Å²) in [6.07, 6.45) is 9.45. The summed E-state index contributed by atoms with van der Waals surface area (Å²) in [6.45, 7) is 12.3. The third-order valence-corrected chi connectivity index (χ3v) is 10.7. The van der Waals surface area contributed by atoms with Crippen molar-refractivity contribution in [3.8, 4) is 0 Å². The molecule has 0 radical (unpaired) electrons. The standard InChI is InChI=1S/C27H44O4/c1-6-30-16(3)24(31-7-2)27(29)22-15-20(22)23-19-9-8-17-14-18(28)10-12-25(17,4)21(19)11-13-26(23,27)5/h8,16,18-24,28-29H,6-7,9-15H2,1-5H3/t16?,18?,19?,20-,21?,22+,23?,24?,25+,26+,27-/m1/s1. The zero-order chi connectivity index (χ0) is 22.2. The van der Waals surface area contributed by atoms with Crippen molar-refractivity contribution in [1.82, 2.24) is 0 Å². The molecule has 5 rings (SSSR count). The normalized spacial score (nSPS) is 52.3. The summed E-state index contributed by atoms with van der Waals surface area (Å²) in [4.78, 5) is 0. The van der Waals surface area contributed by atoms with Gasteiger partial charge in [0.05, 0.1) is 12.2 Å². The molecular formula is C27H44O4. The van der Waals surface area contributed by atoms with E-state index in [-0.39, 0.29) is 29.1 Å². The molecule has 0 amide bonds. The minimum Gasteiger partial charge on any atom is -0.393 e. The minimum absolute atomic E-state index is 0.0975. The van der Waals surface area contributed by atoms with Crippen LogP contribution in [0.4, 0.5) is 0 Å². The Morgan fingerprint density at radius 3 is 2.52 bits per heavy atom. The smallest absolute Gasteiger partial charge is 0.113 e. The quantitative estimate of drug-likeness (QED) is 0.596. The average molecular weight is 433 g/mol. The van der Waals surface area contributed by atoms with Crippen LogP contribution in [0.15, 0.2) is 11.6 Å². The van der Waals surface area contributed by atoms with Gasteiger partial charge in [-0.2, -0.15) is 0 Å². The molecule has 31 heavy (non-hydrogen) atoms. The molecule has 5 aliphatic rings. The average Bonchev–Trinajstić information content (AvgIpc) is 3.49. The molecule has 5 aliphatic carbocycles. The van der Waals surface area contributed by atoms with Gasteiger partial charge in [-0.05, 0) is 101 Å². The fraction of sp³-hybridized carbons (Fsp3) is 0.926. The zero-order valence-electron chi connectivity index (χ0n) is 20.3. The molecule has 4 heteroatoms. The molecule has 0 bridgehead atoms. The number of aliphatic hydroxyl groups excluding tert-OH is 1. The van der Waals surface area contributed by atoms with E-state index in [9.17, 15) is 10.2 Å². The fourth-order valence-corrected chi connectivity index (χ4v) is 9.38. The molecule has 4 saturated carbocycles. The van der Waals surface area contributed by atoms with Crippen molar-refractivity contribution in [1.29, 1.82) is 0 Å². The highest BCUT2D eigenvalue weighted by Crippen LogP contribution is 2.77. The topological polar surface area (TPSA) is 58.9 Å². The number of allylic oxidation sites excluding steroid dienone is 1. The summed E-state index contributed by atoms with van der Waals surface area (Å²) in [5, 5.41) is 22.8. The summed E-state index contributed by atoms with van der Waals surface area (Å²) in [6, 6.07) is 0. The zero-order valence-corrected chi connectivity index (χ0v) is 20.3. The van der Waals surface area contributed by atoms with Gasteiger partial charge in [0.1, 0.15) is 11.7 Å². The van der Waals surface area contributed by atoms with Crippen LogP contribution in [0.25, 0.3) is 0 Å². The van der Waals surface area contributed by atoms with Gasteiger partial charge in [-0.25, -0.2) is 0 Å². The first-order valence-corrected chi connectivity index (χ1v) is 13.1. The Hall–Kier alpha value is -0.420. The number of hydrogen-bond donors (Lipinski definition) is 2. The predicted molar refractivity (Wildman–Crippen MR) is 122 cm³/mol. The van der Waals surface area contributed by atoms with Gasteiger partial charge in [0, 0.05) is 18.6 Å². The highest BCUT2D eigenvalue weighted by molar-refractivity contribution is 5.31. The summed E-state index contributed by atoms with van der Waals surface area (Å²) >= 11 is 0. The summed E-state index contributed by atoms with van der Waals surface area (Å²) in [5.74, 6) is 2.90. The van der Waals surface area contributed by atoms with E-state index >= 15 is 0 Å². The largest absolute Gasteiger partial charge is 0.393 e. The Labute approximate surface area is 188 Å². The van der Waals surface area contributed by atoms with Crippen LogP contribution < -0.4 is 0 Å². The van der Waals surface area contributed by atoms with Gasteiger partial charge in [0.2, 0.25) is 0 Å². The molecule has 4 fully saturated rings. The Morgan fingerprint density at radius 1 is 1.06 bits per heavy atom. The molecule has 2 N–H and O–H groups in total. The maximum atomic E-state index is 12.5. The van der Waals surface area contributed by atoms with Gasteiger partial charge in [-0.15, -0.1) is 0 Å². The molecule has 0 heterocycles. The highest BCUT2D eigenvalue weighted by atomic mass is 16.5. The van der Waals surface area contributed by atoms with Crippen LogP contribution >= 0.6 is 0 Å². The molecule has 0 aromatic rings. The molecule has 6 unspecified atom stereocenters. The lowest BCUT2D eigenvalue weighted by Gasteiger charge is -2.61. The van der Waals surface area contributed by atoms with Crippen molar-refractivity contribution in [2.75, 3.05) is 13.2 Å². The maximum absolute atomic E-state index is 12.5. The number of hydrogen-bond acceptors (Lipinski definition) is 4. The first kappa shape index (κ1) is 22.4. The Kier molecular flexibility index (Phi) is 5.45. The second-order valence-electron chi connectivity index (χ2n) is 11.9. The van der Waals surface area contributed by atoms with E-state index < -0.39 is 5.60 Å². The van der Waals surface area contributed by atoms with Gasteiger partial charge in [0.25, 0.3) is 0 Å². The van der Waals surface area contributed by atoms with Crippen LogP contribution in [0.5, 0.6) is 0 Å². The third kappa shape index (κ3) is 2.93. The maximum Gasteiger partial charge on any atom is 0.113 e. The fourth-order valence-electron chi connectivity index (χ4n) is 9.38. The molecule has 0 aliphatic heterocycles. The number of ether oxygens (including phenoxy) is 2. The number of aliphatic hydroxyl groups is 2. The molecule has 11 atom stereocenters. The van der Waals surface area contributed by atoms with Crippen LogP contribution in [-0.4, -0.2) is 47.3 Å². The van der Waals surface area contributed by atoms with E-state index in [1.807, 2.05) is 13.8 Å². The molecule has 176 valence electrons. The van der Waals surface area contributed by atoms with Crippen molar-refractivity contribution in [2.45, 2.75) is 103 Å². The molecule has 0 aromatic heterocycles. The van der Waals surface area contributed by atoms with Crippen molar-refractivity contribution in [2.24, 2.45) is 40.4 Å². The van der Waals surface area contributed by atoms with Gasteiger partial charge in [-0.1, -0.05) is 25.5 Å². The van der Waals surface area contributed by atoms with Crippen molar-refractivity contribution >= 4 is 0 Å². The van der Waals surface area contributed by atoms with E-state index in [4.69, 9.17) is 9.47 Å². The third-order valence-electron chi connectivity index (χ3n) is 10.7. The van der Waals surface area contributed by atoms with Crippen molar-refractivity contribution in [3.05, 3.63) is 11.6 Å². The van der Waals surface area contributed by atoms with E-state index in [2.05, 4.69) is 26.8 Å². The number of fused-ring (bicyclic) bond motifs is 7. The molecular weight excluding hydrogens is 388 g/mol. The summed E-state index contributed by atoms with van der Waals surface area (Å²) in [5.41, 5.74) is 0.856. The van der Waals surface area contributed by atoms with Gasteiger partial charge >= 0.3 is 0 Å².